The van der Waals surface area contributed by atoms with E-state index in [-0.39, 0.29) is 23.4 Å². The molecule has 0 unspecified atom stereocenters. The van der Waals surface area contributed by atoms with Gasteiger partial charge in [0.15, 0.2) is 0 Å². The van der Waals surface area contributed by atoms with Crippen molar-refractivity contribution >= 4 is 34.2 Å². The molecule has 1 aliphatic heterocycles. The number of carbonyl (C=O) groups is 1. The van der Waals surface area contributed by atoms with E-state index < -0.39 is 34.4 Å². The molecule has 1 aromatic heterocycles. The molecule has 39 heavy (non-hydrogen) atoms. The lowest BCUT2D eigenvalue weighted by atomic mass is 9.96. The third kappa shape index (κ3) is 5.60. The van der Waals surface area contributed by atoms with Gasteiger partial charge in [-0.05, 0) is 43.2 Å². The summed E-state index contributed by atoms with van der Waals surface area (Å²) in [6.45, 7) is 5.49. The Labute approximate surface area is 230 Å². The predicted octanol–water partition coefficient (Wildman–Crippen LogP) is 3.89. The maximum Gasteiger partial charge on any atom is 0.341 e. The minimum absolute atomic E-state index is 0.0307. The predicted molar refractivity (Wildman–Crippen MR) is 146 cm³/mol. The molecule has 3 aromatic rings. The number of aromatic carboxylic acids is 1. The zero-order valence-electron chi connectivity index (χ0n) is 22.3. The van der Waals surface area contributed by atoms with Crippen molar-refractivity contribution in [1.29, 1.82) is 0 Å². The molecule has 4 rings (SSSR count). The van der Waals surface area contributed by atoms with Crippen molar-refractivity contribution in [2.75, 3.05) is 52.0 Å². The number of hydrogen-bond acceptors (Lipinski definition) is 7. The first kappa shape index (κ1) is 28.8. The van der Waals surface area contributed by atoms with Crippen LogP contribution in [0.15, 0.2) is 35.3 Å². The molecule has 0 radical (unpaired) electrons. The number of ether oxygens (including phenoxy) is 3. The van der Waals surface area contributed by atoms with E-state index >= 15 is 4.39 Å². The molecule has 2 N–H and O–H groups in total. The van der Waals surface area contributed by atoms with Crippen LogP contribution in [0.25, 0.3) is 10.9 Å². The minimum atomic E-state index is -1.41. The Bertz CT molecular complexity index is 1450. The molecule has 0 bridgehead atoms. The molecule has 9 nitrogen and oxygen atoms in total. The van der Waals surface area contributed by atoms with Crippen LogP contribution in [-0.2, 0) is 15.9 Å². The molecule has 1 fully saturated rings. The molecule has 0 saturated carbocycles. The number of pyridine rings is 1. The SMILES string of the molecule is COc1cc2c(cc1Cc1cc(N3CCOCC3)cc(Cl)c1F)c(=O)c(C(=O)O)cn2[C@H](CO)C(C)(C)OC. The van der Waals surface area contributed by atoms with Crippen LogP contribution in [0.3, 0.4) is 0 Å². The summed E-state index contributed by atoms with van der Waals surface area (Å²) < 4.78 is 33.3. The molecule has 2 heterocycles. The number of anilines is 1. The van der Waals surface area contributed by atoms with Gasteiger partial charge in [0.2, 0.25) is 5.43 Å². The molecule has 1 atom stereocenters. The first-order chi connectivity index (χ1) is 18.5. The Balaban J connectivity index is 1.91. The van der Waals surface area contributed by atoms with Crippen LogP contribution in [-0.4, -0.2) is 73.5 Å². The van der Waals surface area contributed by atoms with Gasteiger partial charge in [0.1, 0.15) is 17.1 Å². The second-order valence-corrected chi connectivity index (χ2v) is 10.4. The largest absolute Gasteiger partial charge is 0.496 e. The van der Waals surface area contributed by atoms with Gasteiger partial charge in [0.05, 0.1) is 49.1 Å². The molecule has 0 aliphatic carbocycles. The third-order valence-corrected chi connectivity index (χ3v) is 7.62. The summed E-state index contributed by atoms with van der Waals surface area (Å²) >= 11 is 6.26. The van der Waals surface area contributed by atoms with Crippen molar-refractivity contribution in [3.63, 3.8) is 0 Å². The fourth-order valence-corrected chi connectivity index (χ4v) is 5.14. The zero-order chi connectivity index (χ0) is 28.5. The fraction of sp³-hybridized carbons (Fsp3) is 0.429. The van der Waals surface area contributed by atoms with Gasteiger partial charge in [0.25, 0.3) is 0 Å². The van der Waals surface area contributed by atoms with Crippen LogP contribution in [0.1, 0.15) is 41.4 Å². The van der Waals surface area contributed by atoms with Gasteiger partial charge >= 0.3 is 5.97 Å². The molecule has 1 aliphatic rings. The average Bonchev–Trinajstić information content (AvgIpc) is 2.92. The van der Waals surface area contributed by atoms with E-state index in [1.54, 1.807) is 32.0 Å². The Morgan fingerprint density at radius 2 is 1.87 bits per heavy atom. The van der Waals surface area contributed by atoms with Crippen molar-refractivity contribution in [2.24, 2.45) is 0 Å². The Hall–Kier alpha value is -3.18. The highest BCUT2D eigenvalue weighted by molar-refractivity contribution is 6.31. The van der Waals surface area contributed by atoms with Gasteiger partial charge in [-0.25, -0.2) is 9.18 Å². The number of aromatic nitrogens is 1. The van der Waals surface area contributed by atoms with E-state index in [0.29, 0.717) is 48.7 Å². The number of carboxylic acids is 1. The standard InChI is InChI=1S/C28H32ClFN2O7/c1-28(2,38-4)24(15-33)32-14-20(27(35)36)26(34)19-11-16(23(37-3)13-22(19)32)9-17-10-18(12-21(29)25(17)30)31-5-7-39-8-6-31/h10-14,24,33H,5-9,15H2,1-4H3,(H,35,36)/t24-/m1/s1. The number of aliphatic hydroxyl groups is 1. The molecule has 1 saturated heterocycles. The highest BCUT2D eigenvalue weighted by Crippen LogP contribution is 2.34. The monoisotopic (exact) mass is 562 g/mol. The summed E-state index contributed by atoms with van der Waals surface area (Å²) in [7, 11) is 2.93. The molecule has 210 valence electrons. The average molecular weight is 563 g/mol. The number of carboxylic acid groups (broad SMARTS) is 1. The summed E-state index contributed by atoms with van der Waals surface area (Å²) in [5, 5.41) is 20.1. The van der Waals surface area contributed by atoms with Gasteiger partial charge in [-0.2, -0.15) is 0 Å². The zero-order valence-corrected chi connectivity index (χ0v) is 23.0. The number of halogens is 2. The number of morpholine rings is 1. The number of methoxy groups -OCH3 is 2. The molecule has 11 heteroatoms. The minimum Gasteiger partial charge on any atom is -0.496 e. The van der Waals surface area contributed by atoms with Gasteiger partial charge in [-0.1, -0.05) is 11.6 Å². The molecule has 0 amide bonds. The van der Waals surface area contributed by atoms with Crippen molar-refractivity contribution < 1.29 is 33.6 Å². The van der Waals surface area contributed by atoms with Crippen LogP contribution in [0.5, 0.6) is 5.75 Å². The van der Waals surface area contributed by atoms with Gasteiger partial charge < -0.3 is 33.9 Å². The topological polar surface area (TPSA) is 110 Å². The number of fused-ring (bicyclic) bond motifs is 1. The highest BCUT2D eigenvalue weighted by atomic mass is 35.5. The van der Waals surface area contributed by atoms with Crippen molar-refractivity contribution in [2.45, 2.75) is 31.9 Å². The molecular weight excluding hydrogens is 531 g/mol. The van der Waals surface area contributed by atoms with E-state index in [0.717, 1.165) is 5.69 Å². The van der Waals surface area contributed by atoms with Crippen molar-refractivity contribution in [3.05, 3.63) is 68.2 Å². The summed E-state index contributed by atoms with van der Waals surface area (Å²) in [4.78, 5) is 27.4. The Kier molecular flexibility index (Phi) is 8.51. The Morgan fingerprint density at radius 1 is 1.18 bits per heavy atom. The van der Waals surface area contributed by atoms with Gasteiger partial charge in [0, 0.05) is 50.0 Å². The number of nitrogens with zero attached hydrogens (tertiary/aromatic N) is 2. The summed E-state index contributed by atoms with van der Waals surface area (Å²) in [5.41, 5.74) is -0.226. The quantitative estimate of drug-likeness (QED) is 0.404. The van der Waals surface area contributed by atoms with E-state index in [1.165, 1.54) is 31.0 Å². The summed E-state index contributed by atoms with van der Waals surface area (Å²) in [5.74, 6) is -1.64. The second-order valence-electron chi connectivity index (χ2n) is 9.95. The number of aliphatic hydroxyl groups excluding tert-OH is 1. The van der Waals surface area contributed by atoms with E-state index in [4.69, 9.17) is 25.8 Å². The highest BCUT2D eigenvalue weighted by Gasteiger charge is 2.32. The van der Waals surface area contributed by atoms with Crippen LogP contribution in [0.2, 0.25) is 5.02 Å². The second kappa shape index (κ2) is 11.5. The number of rotatable bonds is 9. The third-order valence-electron chi connectivity index (χ3n) is 7.35. The molecule has 0 spiro atoms. The van der Waals surface area contributed by atoms with Gasteiger partial charge in [-0.15, -0.1) is 0 Å². The van der Waals surface area contributed by atoms with E-state index in [9.17, 15) is 19.8 Å². The first-order valence-corrected chi connectivity index (χ1v) is 12.9. The maximum atomic E-state index is 15.2. The lowest BCUT2D eigenvalue weighted by Gasteiger charge is -2.35. The lowest BCUT2D eigenvalue weighted by molar-refractivity contribution is -0.0383. The normalized spacial score (nSPS) is 15.0. The molecule has 2 aromatic carbocycles. The van der Waals surface area contributed by atoms with E-state index in [2.05, 4.69) is 4.90 Å². The summed E-state index contributed by atoms with van der Waals surface area (Å²) in [6.07, 6.45) is 1.24. The lowest BCUT2D eigenvalue weighted by Crippen LogP contribution is -2.39. The maximum absolute atomic E-state index is 15.2. The summed E-state index contributed by atoms with van der Waals surface area (Å²) in [6, 6.07) is 5.67. The number of benzene rings is 2. The first-order valence-electron chi connectivity index (χ1n) is 12.5. The number of hydrogen-bond donors (Lipinski definition) is 2. The van der Waals surface area contributed by atoms with Gasteiger partial charge in [-0.3, -0.25) is 4.79 Å². The fourth-order valence-electron chi connectivity index (χ4n) is 4.91. The van der Waals surface area contributed by atoms with Crippen molar-refractivity contribution in [1.82, 2.24) is 4.57 Å². The van der Waals surface area contributed by atoms with Crippen molar-refractivity contribution in [3.8, 4) is 5.75 Å². The van der Waals surface area contributed by atoms with E-state index in [1.807, 2.05) is 0 Å². The van der Waals surface area contributed by atoms with Crippen LogP contribution >= 0.6 is 11.6 Å². The Morgan fingerprint density at radius 3 is 2.46 bits per heavy atom. The van der Waals surface area contributed by atoms with Crippen LogP contribution in [0.4, 0.5) is 10.1 Å². The smallest absolute Gasteiger partial charge is 0.341 e. The molecular formula is C28H32ClFN2O7. The van der Waals surface area contributed by atoms with Crippen LogP contribution < -0.4 is 15.1 Å². The van der Waals surface area contributed by atoms with Crippen LogP contribution in [0, 0.1) is 5.82 Å².